The van der Waals surface area contributed by atoms with Crippen LogP contribution >= 0.6 is 0 Å². The van der Waals surface area contributed by atoms with Gasteiger partial charge < -0.3 is 12.4 Å². The van der Waals surface area contributed by atoms with E-state index in [4.69, 9.17) is 5.41 Å². The predicted octanol–water partition coefficient (Wildman–Crippen LogP) is -1.57. The highest BCUT2D eigenvalue weighted by atomic mass is 35.5. The smallest absolute Gasteiger partial charge is 0.156 e. The molecule has 0 heterocycles. The van der Waals surface area contributed by atoms with Crippen LogP contribution in [0, 0.1) is 16.2 Å². The van der Waals surface area contributed by atoms with Crippen molar-refractivity contribution >= 4 is 5.71 Å². The number of rotatable bonds is 0. The van der Waals surface area contributed by atoms with Gasteiger partial charge in [0.2, 0.25) is 0 Å². The minimum absolute atomic E-state index is 0. The third-order valence-corrected chi connectivity index (χ3v) is 5.35. The van der Waals surface area contributed by atoms with Crippen molar-refractivity contribution in [2.45, 2.75) is 47.0 Å². The van der Waals surface area contributed by atoms with Gasteiger partial charge in [0.05, 0.1) is 5.41 Å². The van der Waals surface area contributed by atoms with Gasteiger partial charge in [0, 0.05) is 6.42 Å². The van der Waals surface area contributed by atoms with Crippen LogP contribution in [0.2, 0.25) is 0 Å². The van der Waals surface area contributed by atoms with E-state index in [1.807, 2.05) is 0 Å². The molecule has 0 aromatic heterocycles. The zero-order valence-corrected chi connectivity index (χ0v) is 9.83. The van der Waals surface area contributed by atoms with Gasteiger partial charge in [-0.25, -0.2) is 0 Å². The van der Waals surface area contributed by atoms with Crippen LogP contribution < -0.4 is 17.8 Å². The van der Waals surface area contributed by atoms with Gasteiger partial charge in [-0.2, -0.15) is 0 Å². The maximum absolute atomic E-state index is 6.13. The Morgan fingerprint density at radius 1 is 1.08 bits per heavy atom. The second kappa shape index (κ2) is 2.50. The van der Waals surface area contributed by atoms with Crippen molar-refractivity contribution in [3.8, 4) is 0 Å². The Morgan fingerprint density at radius 2 is 1.62 bits per heavy atom. The van der Waals surface area contributed by atoms with Crippen molar-refractivity contribution in [3.63, 3.8) is 0 Å². The largest absolute Gasteiger partial charge is 1.00 e. The molecule has 0 saturated heterocycles. The first-order chi connectivity index (χ1) is 5.33. The van der Waals surface area contributed by atoms with Gasteiger partial charge in [-0.1, -0.05) is 20.8 Å². The average Bonchev–Trinajstić information content (AvgIpc) is 2.18. The third kappa shape index (κ3) is 0.918. The number of hydrogen-bond acceptors (Lipinski definition) is 0. The van der Waals surface area contributed by atoms with E-state index in [-0.39, 0.29) is 12.4 Å². The van der Waals surface area contributed by atoms with Crippen LogP contribution in [0.1, 0.15) is 47.0 Å². The average molecular weight is 202 g/mol. The molecule has 2 aliphatic rings. The number of nitrogens with two attached hydrogens (primary N) is 1. The van der Waals surface area contributed by atoms with Crippen molar-refractivity contribution in [2.24, 2.45) is 16.2 Å². The Morgan fingerprint density at radius 3 is 1.77 bits per heavy atom. The normalized spacial score (nSPS) is 46.3. The summed E-state index contributed by atoms with van der Waals surface area (Å²) >= 11 is 0. The molecule has 0 spiro atoms. The maximum Gasteiger partial charge on any atom is 0.156 e. The van der Waals surface area contributed by atoms with Gasteiger partial charge in [0.25, 0.3) is 0 Å². The van der Waals surface area contributed by atoms with Crippen LogP contribution in [0.25, 0.3) is 0 Å². The van der Waals surface area contributed by atoms with E-state index in [0.717, 1.165) is 6.42 Å². The molecule has 0 unspecified atom stereocenters. The Balaban J connectivity index is 0.000000845. The van der Waals surface area contributed by atoms with Crippen molar-refractivity contribution in [1.29, 1.82) is 0 Å². The molecule has 2 aliphatic carbocycles. The Hall–Kier alpha value is -0.0400. The summed E-state index contributed by atoms with van der Waals surface area (Å²) in [6, 6.07) is 0. The van der Waals surface area contributed by atoms with Crippen LogP contribution in [0.15, 0.2) is 0 Å². The van der Waals surface area contributed by atoms with Crippen LogP contribution in [-0.4, -0.2) is 5.71 Å². The molecule has 76 valence electrons. The predicted molar refractivity (Wildman–Crippen MR) is 50.8 cm³/mol. The first kappa shape index (κ1) is 11.0. The third-order valence-electron chi connectivity index (χ3n) is 5.35. The van der Waals surface area contributed by atoms with Gasteiger partial charge in [0.15, 0.2) is 5.71 Å². The summed E-state index contributed by atoms with van der Waals surface area (Å²) < 4.78 is 0. The molecule has 2 rings (SSSR count). The minimum atomic E-state index is 0. The summed E-state index contributed by atoms with van der Waals surface area (Å²) in [5.41, 5.74) is 2.46. The lowest BCUT2D eigenvalue weighted by Gasteiger charge is -2.36. The molecule has 13 heavy (non-hydrogen) atoms. The summed E-state index contributed by atoms with van der Waals surface area (Å²) in [5, 5.41) is 6.13. The molecule has 2 bridgehead atoms. The first-order valence-electron chi connectivity index (χ1n) is 4.95. The number of hydrogen-bond donors (Lipinski definition) is 1. The van der Waals surface area contributed by atoms with Crippen LogP contribution in [-0.2, 0) is 0 Å². The molecule has 0 aromatic rings. The second-order valence-electron chi connectivity index (χ2n) is 5.72. The standard InChI is InChI=1S/C11H19N.ClH/c1-9(2)10(3)5-6-11(9,4)8(12)7-10;/h12H,5-7H2,1-4H3;1H/t10-,11+;/m1./s1. The van der Waals surface area contributed by atoms with Crippen molar-refractivity contribution < 1.29 is 17.8 Å². The van der Waals surface area contributed by atoms with E-state index >= 15 is 0 Å². The summed E-state index contributed by atoms with van der Waals surface area (Å²) in [6.45, 7) is 9.53. The molecular formula is C11H20ClN. The van der Waals surface area contributed by atoms with Crippen molar-refractivity contribution in [2.75, 3.05) is 0 Å². The van der Waals surface area contributed by atoms with Crippen molar-refractivity contribution in [1.82, 2.24) is 0 Å². The van der Waals surface area contributed by atoms with E-state index in [1.54, 1.807) is 0 Å². The lowest BCUT2D eigenvalue weighted by atomic mass is 9.66. The van der Waals surface area contributed by atoms with Gasteiger partial charge >= 0.3 is 0 Å². The molecular weight excluding hydrogens is 182 g/mol. The second-order valence-corrected chi connectivity index (χ2v) is 5.72. The van der Waals surface area contributed by atoms with Crippen LogP contribution in [0.5, 0.6) is 0 Å². The molecule has 0 aromatic carbocycles. The molecule has 0 aliphatic heterocycles. The van der Waals surface area contributed by atoms with E-state index in [0.29, 0.717) is 16.2 Å². The minimum Gasteiger partial charge on any atom is -1.00 e. The SMILES string of the molecule is CC1(C)[C@]2(C)CC[C@@]1(C)C(=[NH2+])C2.[Cl-]. The molecule has 2 fully saturated rings. The number of fused-ring (bicyclic) bond motifs is 2. The highest BCUT2D eigenvalue weighted by Gasteiger charge is 2.68. The van der Waals surface area contributed by atoms with Crippen molar-refractivity contribution in [3.05, 3.63) is 0 Å². The van der Waals surface area contributed by atoms with E-state index in [2.05, 4.69) is 27.7 Å². The fourth-order valence-electron chi connectivity index (χ4n) is 3.30. The zero-order chi connectivity index (χ0) is 9.20. The quantitative estimate of drug-likeness (QED) is 0.490. The zero-order valence-electron chi connectivity index (χ0n) is 9.08. The highest BCUT2D eigenvalue weighted by molar-refractivity contribution is 5.90. The summed E-state index contributed by atoms with van der Waals surface area (Å²) in [7, 11) is 0. The van der Waals surface area contributed by atoms with E-state index in [9.17, 15) is 0 Å². The molecule has 2 N–H and O–H groups in total. The summed E-state index contributed by atoms with van der Waals surface area (Å²) in [5.74, 6) is 0. The Kier molecular flexibility index (Phi) is 2.12. The maximum atomic E-state index is 6.13. The lowest BCUT2D eigenvalue weighted by Crippen LogP contribution is -3.00. The van der Waals surface area contributed by atoms with Crippen LogP contribution in [0.3, 0.4) is 0 Å². The molecule has 0 amide bonds. The van der Waals surface area contributed by atoms with Crippen LogP contribution in [0.4, 0.5) is 0 Å². The highest BCUT2D eigenvalue weighted by Crippen LogP contribution is 2.69. The van der Waals surface area contributed by atoms with Gasteiger partial charge in [-0.3, -0.25) is 5.41 Å². The van der Waals surface area contributed by atoms with E-state index in [1.165, 1.54) is 18.6 Å². The fraction of sp³-hybridized carbons (Fsp3) is 0.909. The molecule has 0 radical (unpaired) electrons. The summed E-state index contributed by atoms with van der Waals surface area (Å²) in [4.78, 5) is 0. The monoisotopic (exact) mass is 201 g/mol. The molecule has 1 nitrogen and oxygen atoms in total. The molecule has 2 saturated carbocycles. The van der Waals surface area contributed by atoms with E-state index < -0.39 is 0 Å². The summed E-state index contributed by atoms with van der Waals surface area (Å²) in [6.07, 6.45) is 3.80. The lowest BCUT2D eigenvalue weighted by molar-refractivity contribution is -0.128. The first-order valence-corrected chi connectivity index (χ1v) is 4.95. The molecule has 2 atom stereocenters. The number of halogens is 1. The topological polar surface area (TPSA) is 25.6 Å². The van der Waals surface area contributed by atoms with Gasteiger partial charge in [0.1, 0.15) is 0 Å². The fourth-order valence-corrected chi connectivity index (χ4v) is 3.30. The Labute approximate surface area is 87.2 Å². The molecule has 2 heteroatoms. The van der Waals surface area contributed by atoms with Gasteiger partial charge in [-0.15, -0.1) is 0 Å². The Bertz CT molecular complexity index is 259. The van der Waals surface area contributed by atoms with Gasteiger partial charge in [-0.05, 0) is 30.6 Å².